The Morgan fingerprint density at radius 3 is 2.60 bits per heavy atom. The van der Waals surface area contributed by atoms with Gasteiger partial charge in [0.2, 0.25) is 0 Å². The number of hydrogen-bond donors (Lipinski definition) is 0. The highest BCUT2D eigenvalue weighted by atomic mass is 14.8. The summed E-state index contributed by atoms with van der Waals surface area (Å²) in [7, 11) is 0. The second-order valence-electron chi connectivity index (χ2n) is 8.42. The Morgan fingerprint density at radius 1 is 1.05 bits per heavy atom. The molecule has 3 bridgehead atoms. The molecule has 0 aliphatic heterocycles. The summed E-state index contributed by atoms with van der Waals surface area (Å²) in [6.07, 6.45) is 9.80. The van der Waals surface area contributed by atoms with Crippen LogP contribution in [0.1, 0.15) is 51.5 Å². The second kappa shape index (κ2) is 3.24. The zero-order valence-corrected chi connectivity index (χ0v) is 12.7. The van der Waals surface area contributed by atoms with E-state index in [2.05, 4.69) is 50.3 Å². The van der Waals surface area contributed by atoms with Crippen LogP contribution in [0.2, 0.25) is 0 Å². The third-order valence-electron chi connectivity index (χ3n) is 7.53. The van der Waals surface area contributed by atoms with Crippen LogP contribution in [0.5, 0.6) is 0 Å². The fourth-order valence-electron chi connectivity index (χ4n) is 7.36. The van der Waals surface area contributed by atoms with Crippen molar-refractivity contribution in [1.82, 2.24) is 0 Å². The SMILES string of the molecule is C/C=C1/C2CC3(C)CC4(c5ccccc5)CC1C4(C2)C3. The Kier molecular flexibility index (Phi) is 1.88. The Morgan fingerprint density at radius 2 is 1.85 bits per heavy atom. The summed E-state index contributed by atoms with van der Waals surface area (Å²) in [5.41, 5.74) is 5.25. The molecule has 20 heavy (non-hydrogen) atoms. The first-order valence-corrected chi connectivity index (χ1v) is 8.34. The molecule has 1 spiro atoms. The Hall–Kier alpha value is -1.04. The van der Waals surface area contributed by atoms with Crippen molar-refractivity contribution in [3.8, 4) is 0 Å². The maximum Gasteiger partial charge on any atom is 0.00266 e. The van der Waals surface area contributed by atoms with Gasteiger partial charge in [-0.2, -0.15) is 0 Å². The van der Waals surface area contributed by atoms with Gasteiger partial charge in [0, 0.05) is 5.41 Å². The summed E-state index contributed by atoms with van der Waals surface area (Å²) in [5, 5.41) is 0. The van der Waals surface area contributed by atoms with Crippen molar-refractivity contribution in [3.05, 3.63) is 47.5 Å². The van der Waals surface area contributed by atoms with Crippen LogP contribution < -0.4 is 0 Å². The normalized spacial score (nSPS) is 53.2. The van der Waals surface area contributed by atoms with Gasteiger partial charge >= 0.3 is 0 Å². The zero-order chi connectivity index (χ0) is 13.6. The molecular weight excluding hydrogens is 240 g/mol. The summed E-state index contributed by atoms with van der Waals surface area (Å²) in [6.45, 7) is 4.87. The summed E-state index contributed by atoms with van der Waals surface area (Å²) in [5.74, 6) is 1.83. The van der Waals surface area contributed by atoms with Crippen LogP contribution in [0, 0.1) is 22.7 Å². The molecule has 5 unspecified atom stereocenters. The standard InChI is InChI=1S/C20H24/c1-3-16-14-9-18(2)12-19(15-7-5-4-6-8-15)11-17(16)20(19,10-14)13-18/h3-8,14,17H,9-13H2,1-2H3/b16-3-. The van der Waals surface area contributed by atoms with E-state index >= 15 is 0 Å². The molecule has 4 aliphatic rings. The van der Waals surface area contributed by atoms with Crippen LogP contribution in [0.15, 0.2) is 42.0 Å². The van der Waals surface area contributed by atoms with Gasteiger partial charge < -0.3 is 0 Å². The van der Waals surface area contributed by atoms with Gasteiger partial charge in [0.05, 0.1) is 0 Å². The van der Waals surface area contributed by atoms with E-state index in [1.807, 2.05) is 5.57 Å². The topological polar surface area (TPSA) is 0 Å². The van der Waals surface area contributed by atoms with Crippen molar-refractivity contribution >= 4 is 0 Å². The van der Waals surface area contributed by atoms with Crippen molar-refractivity contribution in [3.63, 3.8) is 0 Å². The van der Waals surface area contributed by atoms with Crippen molar-refractivity contribution in [2.24, 2.45) is 22.7 Å². The Bertz CT molecular complexity index is 612. The first-order chi connectivity index (χ1) is 9.63. The first kappa shape index (κ1) is 11.6. The smallest absolute Gasteiger partial charge is 0.00266 e. The van der Waals surface area contributed by atoms with E-state index in [-0.39, 0.29) is 0 Å². The monoisotopic (exact) mass is 264 g/mol. The molecule has 0 radical (unpaired) electrons. The quantitative estimate of drug-likeness (QED) is 0.619. The largest absolute Gasteiger partial charge is 0.0879 e. The van der Waals surface area contributed by atoms with Gasteiger partial charge in [-0.05, 0) is 67.3 Å². The van der Waals surface area contributed by atoms with Crippen LogP contribution in [-0.4, -0.2) is 0 Å². The molecule has 4 fully saturated rings. The molecule has 0 heterocycles. The predicted octanol–water partition coefficient (Wildman–Crippen LogP) is 5.10. The summed E-state index contributed by atoms with van der Waals surface area (Å²) < 4.78 is 0. The molecule has 0 amide bonds. The van der Waals surface area contributed by atoms with Crippen molar-refractivity contribution < 1.29 is 0 Å². The molecule has 0 aromatic heterocycles. The minimum atomic E-state index is 0.521. The highest BCUT2D eigenvalue weighted by Crippen LogP contribution is 2.85. The van der Waals surface area contributed by atoms with E-state index in [0.717, 1.165) is 11.8 Å². The first-order valence-electron chi connectivity index (χ1n) is 8.34. The predicted molar refractivity (Wildman–Crippen MR) is 82.5 cm³/mol. The summed E-state index contributed by atoms with van der Waals surface area (Å²) in [6, 6.07) is 11.5. The number of benzene rings is 1. The van der Waals surface area contributed by atoms with Crippen LogP contribution in [-0.2, 0) is 5.41 Å². The van der Waals surface area contributed by atoms with Crippen molar-refractivity contribution in [2.75, 3.05) is 0 Å². The van der Waals surface area contributed by atoms with Gasteiger partial charge in [-0.15, -0.1) is 0 Å². The lowest BCUT2D eigenvalue weighted by atomic mass is 9.44. The van der Waals surface area contributed by atoms with Crippen molar-refractivity contribution in [1.29, 1.82) is 0 Å². The van der Waals surface area contributed by atoms with Crippen LogP contribution in [0.4, 0.5) is 0 Å². The second-order valence-corrected chi connectivity index (χ2v) is 8.42. The molecule has 4 saturated carbocycles. The number of hydrogen-bond acceptors (Lipinski definition) is 0. The number of fused-ring (bicyclic) bond motifs is 2. The zero-order valence-electron chi connectivity index (χ0n) is 12.7. The van der Waals surface area contributed by atoms with E-state index in [4.69, 9.17) is 0 Å². The molecule has 4 aliphatic carbocycles. The third kappa shape index (κ3) is 1.02. The molecule has 0 heteroatoms. The average molecular weight is 264 g/mol. The van der Waals surface area contributed by atoms with E-state index in [9.17, 15) is 0 Å². The molecule has 1 aromatic rings. The average Bonchev–Trinajstić information content (AvgIpc) is 2.71. The molecule has 104 valence electrons. The minimum Gasteiger partial charge on any atom is -0.0879 e. The minimum absolute atomic E-state index is 0.521. The van der Waals surface area contributed by atoms with Gasteiger partial charge in [0.1, 0.15) is 0 Å². The lowest BCUT2D eigenvalue weighted by Crippen LogP contribution is -2.55. The molecule has 0 nitrogen and oxygen atoms in total. The van der Waals surface area contributed by atoms with Gasteiger partial charge in [0.15, 0.2) is 0 Å². The van der Waals surface area contributed by atoms with Crippen molar-refractivity contribution in [2.45, 2.75) is 51.4 Å². The van der Waals surface area contributed by atoms with Gasteiger partial charge in [-0.1, -0.05) is 48.9 Å². The van der Waals surface area contributed by atoms with Crippen LogP contribution in [0.3, 0.4) is 0 Å². The molecule has 1 aromatic carbocycles. The lowest BCUT2D eigenvalue weighted by molar-refractivity contribution is -0.0259. The molecule has 5 atom stereocenters. The van der Waals surface area contributed by atoms with E-state index < -0.39 is 0 Å². The lowest BCUT2D eigenvalue weighted by Gasteiger charge is -2.59. The Labute approximate surface area is 122 Å². The third-order valence-corrected chi connectivity index (χ3v) is 7.53. The van der Waals surface area contributed by atoms with Crippen LogP contribution >= 0.6 is 0 Å². The summed E-state index contributed by atoms with van der Waals surface area (Å²) >= 11 is 0. The molecule has 5 rings (SSSR count). The maximum absolute atomic E-state index is 2.58. The molecule has 0 saturated heterocycles. The van der Waals surface area contributed by atoms with Gasteiger partial charge in [-0.25, -0.2) is 0 Å². The van der Waals surface area contributed by atoms with E-state index in [1.54, 1.807) is 5.56 Å². The maximum atomic E-state index is 2.58. The van der Waals surface area contributed by atoms with Gasteiger partial charge in [-0.3, -0.25) is 0 Å². The molecule has 0 N–H and O–H groups in total. The number of allylic oxidation sites excluding steroid dienone is 2. The highest BCUT2D eigenvalue weighted by Gasteiger charge is 2.78. The highest BCUT2D eigenvalue weighted by molar-refractivity contribution is 5.47. The number of rotatable bonds is 1. The van der Waals surface area contributed by atoms with E-state index in [0.29, 0.717) is 16.2 Å². The summed E-state index contributed by atoms with van der Waals surface area (Å²) in [4.78, 5) is 0. The van der Waals surface area contributed by atoms with Crippen LogP contribution in [0.25, 0.3) is 0 Å². The fourth-order valence-corrected chi connectivity index (χ4v) is 7.36. The van der Waals surface area contributed by atoms with E-state index in [1.165, 1.54) is 32.1 Å². The van der Waals surface area contributed by atoms with Gasteiger partial charge in [0.25, 0.3) is 0 Å². The Balaban J connectivity index is 1.72. The molecular formula is C20H24. The fraction of sp³-hybridized carbons (Fsp3) is 0.600.